The maximum atomic E-state index is 11.1. The van der Waals surface area contributed by atoms with Gasteiger partial charge in [-0.25, -0.2) is 8.42 Å². The number of piperidine rings is 1. The summed E-state index contributed by atoms with van der Waals surface area (Å²) in [6.45, 7) is 35.9. The number of hydrogen-bond donors (Lipinski definition) is 6. The molecule has 0 saturated carbocycles. The quantitative estimate of drug-likeness (QED) is 0.0999. The smallest absolute Gasteiger partial charge is 0.196 e. The zero-order chi connectivity index (χ0) is 67.3. The van der Waals surface area contributed by atoms with Gasteiger partial charge in [-0.2, -0.15) is 0 Å². The minimum Gasteiger partial charge on any atom is -0.379 e. The number of hydrogen-bond acceptors (Lipinski definition) is 24. The molecule has 9 rings (SSSR count). The Morgan fingerprint density at radius 1 is 0.516 bits per heavy atom. The van der Waals surface area contributed by atoms with E-state index in [4.69, 9.17) is 4.74 Å². The van der Waals surface area contributed by atoms with Crippen molar-refractivity contribution in [1.29, 1.82) is 0 Å². The van der Waals surface area contributed by atoms with Crippen LogP contribution in [0.1, 0.15) is 42.5 Å². The lowest BCUT2D eigenvalue weighted by Gasteiger charge is -2.27. The largest absolute Gasteiger partial charge is 0.379 e. The van der Waals surface area contributed by atoms with E-state index in [-0.39, 0.29) is 0 Å². The molecule has 7 aliphatic rings. The summed E-state index contributed by atoms with van der Waals surface area (Å²) in [4.78, 5) is 39.4. The van der Waals surface area contributed by atoms with Crippen LogP contribution in [0.5, 0.6) is 0 Å². The van der Waals surface area contributed by atoms with E-state index in [0.717, 1.165) is 142 Å². The maximum absolute atomic E-state index is 11.1. The lowest BCUT2D eigenvalue weighted by molar-refractivity contribution is 0.0354. The Bertz CT molecular complexity index is 2120. The first kappa shape index (κ1) is 85.2. The van der Waals surface area contributed by atoms with Gasteiger partial charge < -0.3 is 85.6 Å². The number of benzene rings is 1. The van der Waals surface area contributed by atoms with Gasteiger partial charge in [-0.05, 0) is 155 Å². The normalized spacial score (nSPS) is 17.9. The topological polar surface area (TPSA) is 188 Å². The van der Waals surface area contributed by atoms with Gasteiger partial charge in [0.15, 0.2) is 27.7 Å². The van der Waals surface area contributed by atoms with Gasteiger partial charge in [-0.1, -0.05) is 48.4 Å². The summed E-state index contributed by atoms with van der Waals surface area (Å²) in [5, 5.41) is 20.8. The average Bonchev–Trinajstić information content (AvgIpc) is 4.55. The van der Waals surface area contributed by atoms with Crippen LogP contribution in [-0.4, -0.2) is 387 Å². The van der Waals surface area contributed by atoms with Gasteiger partial charge in [0.2, 0.25) is 0 Å². The molecule has 25 heteroatoms. The molecule has 2 aromatic rings. The summed E-state index contributed by atoms with van der Waals surface area (Å²) in [5.41, 5.74) is 1.32. The molecule has 0 atom stereocenters. The van der Waals surface area contributed by atoms with Crippen molar-refractivity contribution in [3.63, 3.8) is 0 Å². The zero-order valence-electron chi connectivity index (χ0n) is 60.6. The molecule has 1 aromatic heterocycles. The summed E-state index contributed by atoms with van der Waals surface area (Å²) in [7, 11) is 26.2. The molecule has 0 bridgehead atoms. The van der Waals surface area contributed by atoms with Gasteiger partial charge >= 0.3 is 0 Å². The van der Waals surface area contributed by atoms with E-state index in [1.807, 2.05) is 53.4 Å². The van der Waals surface area contributed by atoms with Crippen molar-refractivity contribution in [2.75, 3.05) is 307 Å². The molecule has 6 N–H and O–H groups in total. The van der Waals surface area contributed by atoms with E-state index in [1.54, 1.807) is 11.3 Å². The number of likely N-dealkylation sites (tertiary alicyclic amines) is 2. The minimum absolute atomic E-state index is 0.334. The maximum Gasteiger partial charge on any atom is 0.196 e. The third kappa shape index (κ3) is 49.4. The first-order chi connectivity index (χ1) is 43.7. The highest BCUT2D eigenvalue weighted by Gasteiger charge is 2.21. The van der Waals surface area contributed by atoms with E-state index < -0.39 is 9.84 Å². The number of guanidine groups is 3. The van der Waals surface area contributed by atoms with E-state index in [0.29, 0.717) is 24.6 Å². The Morgan fingerprint density at radius 3 is 1.37 bits per heavy atom. The molecule has 8 heterocycles. The predicted molar refractivity (Wildman–Crippen MR) is 393 cm³/mol. The van der Waals surface area contributed by atoms with Gasteiger partial charge in [0.1, 0.15) is 0 Å². The molecule has 23 nitrogen and oxygen atoms in total. The minimum atomic E-state index is -2.71. The summed E-state index contributed by atoms with van der Waals surface area (Å²) in [6.07, 6.45) is 7.08. The molecule has 0 amide bonds. The monoisotopic (exact) mass is 1320 g/mol. The van der Waals surface area contributed by atoms with Crippen LogP contribution in [0.25, 0.3) is 0 Å². The molecule has 0 radical (unpaired) electrons. The molecule has 1 aromatic carbocycles. The SMILES string of the molecule is CN(C)CCN1CCCC1.CN(C)CCN1CCCCC1.CN(C)CCN1CCOCC1.CN(C)CCN1CCS(=O)(=O)CC1.CNCCN(C)C1=NCCN1.CNCCN(C)C1=NCCN1C.CNCCNC1=NCCN1.Cc1ccccc1.Cc1cccs1. The fourth-order valence-electron chi connectivity index (χ4n) is 9.41. The Hall–Kier alpha value is -3.80. The molecule has 530 valence electrons. The van der Waals surface area contributed by atoms with Crippen LogP contribution in [0.2, 0.25) is 0 Å². The van der Waals surface area contributed by atoms with Gasteiger partial charge in [-0.3, -0.25) is 19.9 Å². The van der Waals surface area contributed by atoms with E-state index in [9.17, 15) is 8.42 Å². The number of ether oxygens (including phenoxy) is 1. The van der Waals surface area contributed by atoms with Crippen LogP contribution in [0, 0.1) is 13.8 Å². The number of nitrogens with zero attached hydrogens (tertiary/aromatic N) is 14. The van der Waals surface area contributed by atoms with Crippen LogP contribution in [0.3, 0.4) is 0 Å². The number of thiophene rings is 1. The van der Waals surface area contributed by atoms with Gasteiger partial charge in [-0.15, -0.1) is 11.3 Å². The number of morpholine rings is 1. The third-order valence-electron chi connectivity index (χ3n) is 15.4. The third-order valence-corrected chi connectivity index (χ3v) is 17.8. The van der Waals surface area contributed by atoms with E-state index >= 15 is 0 Å². The summed E-state index contributed by atoms with van der Waals surface area (Å²) >= 11 is 1.78. The highest BCUT2D eigenvalue weighted by atomic mass is 32.2. The van der Waals surface area contributed by atoms with Crippen molar-refractivity contribution in [3.05, 3.63) is 58.3 Å². The second-order valence-electron chi connectivity index (χ2n) is 25.0. The molecular formula is C66H136N20O3S2. The number of aryl methyl sites for hydroxylation is 2. The van der Waals surface area contributed by atoms with Crippen molar-refractivity contribution in [3.8, 4) is 0 Å². The fraction of sp³-hybridized carbons (Fsp3) is 0.803. The Morgan fingerprint density at radius 2 is 0.989 bits per heavy atom. The number of rotatable bonds is 21. The van der Waals surface area contributed by atoms with Crippen molar-refractivity contribution in [2.45, 2.75) is 46.0 Å². The number of sulfone groups is 1. The van der Waals surface area contributed by atoms with Crippen molar-refractivity contribution in [2.24, 2.45) is 15.0 Å². The first-order valence-corrected chi connectivity index (χ1v) is 36.6. The zero-order valence-corrected chi connectivity index (χ0v) is 62.2. The lowest BCUT2D eigenvalue weighted by atomic mass is 10.1. The van der Waals surface area contributed by atoms with Gasteiger partial charge in [0.05, 0.1) is 44.4 Å². The van der Waals surface area contributed by atoms with Crippen molar-refractivity contribution >= 4 is 39.1 Å². The molecule has 91 heavy (non-hydrogen) atoms. The van der Waals surface area contributed by atoms with Crippen molar-refractivity contribution in [1.82, 2.24) is 85.8 Å². The Kier molecular flexibility index (Phi) is 52.0. The van der Waals surface area contributed by atoms with Crippen LogP contribution in [0.15, 0.2) is 62.8 Å². The molecule has 0 spiro atoms. The van der Waals surface area contributed by atoms with Crippen molar-refractivity contribution < 1.29 is 13.2 Å². The number of likely N-dealkylation sites (N-methyl/N-ethyl adjacent to an activating group) is 10. The van der Waals surface area contributed by atoms with Gasteiger partial charge in [0.25, 0.3) is 0 Å². The Balaban J connectivity index is 0.000000515. The highest BCUT2D eigenvalue weighted by Crippen LogP contribution is 2.09. The molecule has 7 aliphatic heterocycles. The molecule has 4 fully saturated rings. The van der Waals surface area contributed by atoms with Crippen LogP contribution >= 0.6 is 11.3 Å². The van der Waals surface area contributed by atoms with Crippen LogP contribution < -0.4 is 31.9 Å². The van der Waals surface area contributed by atoms with Gasteiger partial charge in [0, 0.05) is 163 Å². The molecule has 0 unspecified atom stereocenters. The van der Waals surface area contributed by atoms with Crippen LogP contribution in [-0.2, 0) is 14.6 Å². The van der Waals surface area contributed by atoms with E-state index in [1.165, 1.54) is 101 Å². The summed E-state index contributed by atoms with van der Waals surface area (Å²) in [6, 6.07) is 14.4. The summed E-state index contributed by atoms with van der Waals surface area (Å²) in [5.74, 6) is 3.75. The molecule has 4 saturated heterocycles. The lowest BCUT2D eigenvalue weighted by Crippen LogP contribution is -2.42. The highest BCUT2D eigenvalue weighted by molar-refractivity contribution is 7.91. The second kappa shape index (κ2) is 55.5. The predicted octanol–water partition coefficient (Wildman–Crippen LogP) is 2.18. The standard InChI is InChI=1S/C9H20N2.C8H18N4.C8H18N2O2S.C8H18N2O.C8H18N2.C7H16N4.C7H8.C6H14N4.C5H6S/c1-10(2)8-9-11-6-4-3-5-7-11;1-9-4-6-11(2)8-10-5-7-12(8)3;1-9(2)3-4-10-5-7-13(11,12)8-6-10;1-9(2)3-4-10-5-7-11-8-6-10;1-9(2)7-8-10-5-3-4-6-10;1-8-5-6-11(2)7-9-3-4-10-7;1-7-5-3-2-4-6-7;1-7-2-3-8-6-9-4-5-10-6;1-5-3-2-4-6-5/h3-9H2,1-2H3;9H,4-7H2,1-3H3;3-8H2,1-2H3;3-8H2,1-2H3;3-8H2,1-2H3;8H,3-6H2,1-2H3,(H,9,10);2-6H,1H3;7H,2-5H2,1H3,(H2,8,9,10);2-4H,1H3. The molecule has 0 aliphatic carbocycles. The second-order valence-corrected chi connectivity index (χ2v) is 28.4. The number of aliphatic imine (C=N–C) groups is 3. The first-order valence-electron chi connectivity index (χ1n) is 33.9. The number of nitrogens with one attached hydrogen (secondary N) is 6. The average molecular weight is 1320 g/mol. The van der Waals surface area contributed by atoms with E-state index in [2.05, 4.69) is 208 Å². The summed E-state index contributed by atoms with van der Waals surface area (Å²) < 4.78 is 27.4. The Labute approximate surface area is 561 Å². The molecular weight excluding hydrogens is 1180 g/mol. The van der Waals surface area contributed by atoms with Crippen LogP contribution in [0.4, 0.5) is 0 Å². The fourth-order valence-corrected chi connectivity index (χ4v) is 11.2.